The fourth-order valence-electron chi connectivity index (χ4n) is 5.70. The Hall–Kier alpha value is -5.03. The van der Waals surface area contributed by atoms with Crippen LogP contribution in [0.15, 0.2) is 96.3 Å². The molecule has 5 heteroatoms. The van der Waals surface area contributed by atoms with Crippen LogP contribution >= 0.6 is 0 Å². The van der Waals surface area contributed by atoms with Crippen LogP contribution in [0.4, 0.5) is 5.69 Å². The Morgan fingerprint density at radius 2 is 1.72 bits per heavy atom. The number of benzene rings is 3. The summed E-state index contributed by atoms with van der Waals surface area (Å²) in [5.74, 6) is 0.0282. The van der Waals surface area contributed by atoms with Crippen LogP contribution in [0.2, 0.25) is 0 Å². The maximum absolute atomic E-state index is 14.1. The molecule has 0 spiro atoms. The van der Waals surface area contributed by atoms with Gasteiger partial charge in [0, 0.05) is 10.9 Å². The lowest BCUT2D eigenvalue weighted by molar-refractivity contribution is 0.460. The van der Waals surface area contributed by atoms with Crippen LogP contribution in [0.1, 0.15) is 29.8 Å². The number of para-hydroxylation sites is 3. The van der Waals surface area contributed by atoms with E-state index in [0.29, 0.717) is 28.0 Å². The van der Waals surface area contributed by atoms with E-state index in [1.165, 1.54) is 0 Å². The summed E-state index contributed by atoms with van der Waals surface area (Å²) < 4.78 is 2.13. The molecular formula is C34H28N2O3. The highest BCUT2D eigenvalue weighted by molar-refractivity contribution is 6.02. The molecule has 3 N–H and O–H groups in total. The van der Waals surface area contributed by atoms with Crippen molar-refractivity contribution in [2.75, 3.05) is 5.32 Å². The van der Waals surface area contributed by atoms with Gasteiger partial charge in [0.1, 0.15) is 11.5 Å². The van der Waals surface area contributed by atoms with Crippen molar-refractivity contribution in [1.29, 1.82) is 0 Å². The molecule has 192 valence electrons. The lowest BCUT2D eigenvalue weighted by Gasteiger charge is -2.32. The van der Waals surface area contributed by atoms with Gasteiger partial charge in [0.2, 0.25) is 0 Å². The molecule has 5 aromatic rings. The van der Waals surface area contributed by atoms with Gasteiger partial charge in [-0.25, -0.2) is 0 Å². The second-order valence-corrected chi connectivity index (χ2v) is 9.71. The van der Waals surface area contributed by atoms with E-state index >= 15 is 0 Å². The Morgan fingerprint density at radius 3 is 2.46 bits per heavy atom. The third-order valence-corrected chi connectivity index (χ3v) is 7.50. The molecule has 1 aromatic heterocycles. The number of nitrogens with one attached hydrogen (secondary N) is 1. The van der Waals surface area contributed by atoms with Crippen molar-refractivity contribution in [3.8, 4) is 28.4 Å². The zero-order valence-corrected chi connectivity index (χ0v) is 21.6. The van der Waals surface area contributed by atoms with Crippen LogP contribution in [0, 0.1) is 0 Å². The third kappa shape index (κ3) is 3.66. The van der Waals surface area contributed by atoms with Gasteiger partial charge in [-0.15, -0.1) is 6.58 Å². The van der Waals surface area contributed by atoms with Crippen LogP contribution in [-0.4, -0.2) is 14.8 Å². The van der Waals surface area contributed by atoms with Crippen LogP contribution in [0.5, 0.6) is 11.5 Å². The zero-order chi connectivity index (χ0) is 27.3. The molecule has 1 unspecified atom stereocenters. The Balaban J connectivity index is 1.89. The molecule has 2 heterocycles. The second-order valence-electron chi connectivity index (χ2n) is 9.71. The van der Waals surface area contributed by atoms with E-state index in [0.717, 1.165) is 33.9 Å². The summed E-state index contributed by atoms with van der Waals surface area (Å²) in [6.45, 7) is 9.67. The third-order valence-electron chi connectivity index (χ3n) is 7.50. The molecule has 4 aromatic carbocycles. The Kier molecular flexibility index (Phi) is 5.84. The Labute approximate surface area is 225 Å². The number of phenols is 1. The first kappa shape index (κ1) is 24.3. The molecule has 0 fully saturated rings. The summed E-state index contributed by atoms with van der Waals surface area (Å²) in [4.78, 5) is 14.1. The summed E-state index contributed by atoms with van der Waals surface area (Å²) in [6, 6.07) is 24.6. The number of allylic oxidation sites excluding steroid dienone is 1. The summed E-state index contributed by atoms with van der Waals surface area (Å²) in [6.07, 6.45) is 4.18. The number of anilines is 1. The standard InChI is InChI=1S/C34H28N2O3/c1-4-12-23-15-11-16-24(34(23)39)30-32-28-21(5-2)19-27(37)20(3)33(38)29(28)31(22-13-7-6-8-14-22)36(32)26-18-10-9-17-25(26)35-30/h4-11,13-19,30,35,37,39H,1,3,12H2,2H3/b21-5-. The molecule has 0 bridgehead atoms. The van der Waals surface area contributed by atoms with E-state index in [1.54, 1.807) is 12.1 Å². The molecule has 0 saturated heterocycles. The molecule has 0 radical (unpaired) electrons. The second kappa shape index (κ2) is 9.37. The summed E-state index contributed by atoms with van der Waals surface area (Å²) in [5.41, 5.74) is 5.25. The maximum atomic E-state index is 14.1. The van der Waals surface area contributed by atoms with Crippen molar-refractivity contribution in [1.82, 2.24) is 4.57 Å². The zero-order valence-electron chi connectivity index (χ0n) is 21.6. The minimum atomic E-state index is -0.500. The highest BCUT2D eigenvalue weighted by Crippen LogP contribution is 2.46. The smallest absolute Gasteiger partial charge is 0.198 e. The highest BCUT2D eigenvalue weighted by atomic mass is 16.3. The molecule has 0 amide bonds. The first-order valence-corrected chi connectivity index (χ1v) is 12.9. The van der Waals surface area contributed by atoms with Gasteiger partial charge in [-0.1, -0.05) is 79.4 Å². The quantitative estimate of drug-likeness (QED) is 0.277. The summed E-state index contributed by atoms with van der Waals surface area (Å²) in [5, 5.41) is 27.8. The molecule has 1 aliphatic rings. The first-order chi connectivity index (χ1) is 19.0. The molecule has 6 rings (SSSR count). The maximum Gasteiger partial charge on any atom is 0.198 e. The average Bonchev–Trinajstić information content (AvgIpc) is 3.28. The van der Waals surface area contributed by atoms with Crippen molar-refractivity contribution in [3.63, 3.8) is 0 Å². The number of hydrogen-bond donors (Lipinski definition) is 3. The van der Waals surface area contributed by atoms with Crippen molar-refractivity contribution in [2.24, 2.45) is 0 Å². The molecule has 1 aliphatic heterocycles. The highest BCUT2D eigenvalue weighted by Gasteiger charge is 2.34. The van der Waals surface area contributed by atoms with Crippen molar-refractivity contribution in [2.45, 2.75) is 19.4 Å². The fraction of sp³-hybridized carbons (Fsp3) is 0.0882. The van der Waals surface area contributed by atoms with E-state index in [4.69, 9.17) is 0 Å². The molecule has 1 atom stereocenters. The van der Waals surface area contributed by atoms with E-state index in [1.807, 2.05) is 85.8 Å². The number of nitrogens with zero attached hydrogens (tertiary/aromatic N) is 1. The van der Waals surface area contributed by atoms with Crippen LogP contribution in [-0.2, 0) is 6.42 Å². The molecule has 0 saturated carbocycles. The van der Waals surface area contributed by atoms with E-state index < -0.39 is 6.04 Å². The Bertz CT molecular complexity index is 1960. The monoisotopic (exact) mass is 512 g/mol. The molecular weight excluding hydrogens is 484 g/mol. The molecule has 0 aliphatic carbocycles. The average molecular weight is 513 g/mol. The van der Waals surface area contributed by atoms with Gasteiger partial charge in [-0.2, -0.15) is 0 Å². The number of aromatic nitrogens is 1. The van der Waals surface area contributed by atoms with Crippen molar-refractivity contribution < 1.29 is 10.2 Å². The number of rotatable bonds is 4. The van der Waals surface area contributed by atoms with Gasteiger partial charge >= 0.3 is 0 Å². The van der Waals surface area contributed by atoms with Gasteiger partial charge in [-0.05, 0) is 47.9 Å². The number of fused-ring (bicyclic) bond motifs is 5. The number of hydrogen-bond acceptors (Lipinski definition) is 4. The van der Waals surface area contributed by atoms with Crippen molar-refractivity contribution in [3.05, 3.63) is 129 Å². The SMILES string of the molecule is C=CCc1cccc(C2Nc3ccccc3-n3c(-c4ccccc4)c4c(=O)c(=C)c(O)c/c(=C/C)c4c32)c1O. The molecule has 39 heavy (non-hydrogen) atoms. The van der Waals surface area contributed by atoms with Gasteiger partial charge in [0.25, 0.3) is 0 Å². The topological polar surface area (TPSA) is 74.5 Å². The van der Waals surface area contributed by atoms with Gasteiger partial charge in [0.15, 0.2) is 5.43 Å². The first-order valence-electron chi connectivity index (χ1n) is 12.9. The van der Waals surface area contributed by atoms with Gasteiger partial charge in [0.05, 0.1) is 39.4 Å². The summed E-state index contributed by atoms with van der Waals surface area (Å²) in [7, 11) is 0. The number of aromatic hydroxyl groups is 2. The van der Waals surface area contributed by atoms with Gasteiger partial charge < -0.3 is 20.1 Å². The van der Waals surface area contributed by atoms with E-state index in [2.05, 4.69) is 23.0 Å². The van der Waals surface area contributed by atoms with Crippen LogP contribution in [0.25, 0.3) is 40.4 Å². The van der Waals surface area contributed by atoms with Crippen LogP contribution in [0.3, 0.4) is 0 Å². The van der Waals surface area contributed by atoms with Crippen molar-refractivity contribution >= 4 is 29.1 Å². The normalized spacial score (nSPS) is 14.5. The predicted molar refractivity (Wildman–Crippen MR) is 159 cm³/mol. The molecule has 5 nitrogen and oxygen atoms in total. The van der Waals surface area contributed by atoms with Crippen LogP contribution < -0.4 is 21.2 Å². The fourth-order valence-corrected chi connectivity index (χ4v) is 5.70. The van der Waals surface area contributed by atoms with E-state index in [9.17, 15) is 15.0 Å². The lowest BCUT2D eigenvalue weighted by atomic mass is 9.94. The minimum absolute atomic E-state index is 0.0434. The lowest BCUT2D eigenvalue weighted by Crippen LogP contribution is -2.24. The van der Waals surface area contributed by atoms with Gasteiger partial charge in [-0.3, -0.25) is 4.79 Å². The largest absolute Gasteiger partial charge is 0.507 e. The Morgan fingerprint density at radius 1 is 0.974 bits per heavy atom. The van der Waals surface area contributed by atoms with E-state index in [-0.39, 0.29) is 22.1 Å². The number of phenolic OH excluding ortho intramolecular Hbond substituents is 1. The summed E-state index contributed by atoms with van der Waals surface area (Å²) >= 11 is 0. The minimum Gasteiger partial charge on any atom is -0.507 e. The predicted octanol–water partition coefficient (Wildman–Crippen LogP) is 5.52.